The van der Waals surface area contributed by atoms with E-state index in [9.17, 15) is 8.42 Å². The van der Waals surface area contributed by atoms with Crippen molar-refractivity contribution in [2.75, 3.05) is 18.6 Å². The van der Waals surface area contributed by atoms with Crippen LogP contribution in [-0.2, 0) is 17.1 Å². The Morgan fingerprint density at radius 3 is 3.00 bits per heavy atom. The maximum absolute atomic E-state index is 13.3. The van der Waals surface area contributed by atoms with Crippen molar-refractivity contribution in [3.63, 3.8) is 0 Å². The largest absolute Gasteiger partial charge is 0.479 e. The summed E-state index contributed by atoms with van der Waals surface area (Å²) in [5.41, 5.74) is 1.83. The van der Waals surface area contributed by atoms with Gasteiger partial charge in [0.2, 0.25) is 12.7 Å². The fraction of sp³-hybridized carbons (Fsp3) is 0.222. The van der Waals surface area contributed by atoms with Gasteiger partial charge in [0.05, 0.1) is 41.5 Å². The SMILES string of the molecule is COc1nn(C)c(NS(=O)(=O)C2=CC=CC3=NSNC23)c1-c1ccc2c(c1)OCO2. The highest BCUT2D eigenvalue weighted by Gasteiger charge is 2.35. The summed E-state index contributed by atoms with van der Waals surface area (Å²) in [6, 6.07) is 4.82. The monoisotopic (exact) mass is 447 g/mol. The molecule has 0 fully saturated rings. The lowest BCUT2D eigenvalue weighted by atomic mass is 10.1. The van der Waals surface area contributed by atoms with Crippen molar-refractivity contribution in [3.8, 4) is 28.5 Å². The summed E-state index contributed by atoms with van der Waals surface area (Å²) in [6.45, 7) is 0.139. The lowest BCUT2D eigenvalue weighted by Gasteiger charge is -2.19. The molecule has 3 heterocycles. The minimum Gasteiger partial charge on any atom is -0.479 e. The van der Waals surface area contributed by atoms with E-state index < -0.39 is 16.1 Å². The number of ether oxygens (including phenoxy) is 3. The Labute approximate surface area is 176 Å². The van der Waals surface area contributed by atoms with Crippen molar-refractivity contribution in [2.45, 2.75) is 6.04 Å². The third-order valence-electron chi connectivity index (χ3n) is 4.84. The van der Waals surface area contributed by atoms with Crippen molar-refractivity contribution < 1.29 is 22.6 Å². The molecule has 3 aliphatic rings. The quantitative estimate of drug-likeness (QED) is 0.669. The molecule has 0 saturated carbocycles. The second-order valence-electron chi connectivity index (χ2n) is 6.62. The molecule has 1 unspecified atom stereocenters. The molecule has 10 nitrogen and oxygen atoms in total. The van der Waals surface area contributed by atoms with Gasteiger partial charge < -0.3 is 14.2 Å². The Hall–Kier alpha value is -2.96. The molecular formula is C18H17N5O5S2. The third kappa shape index (κ3) is 3.04. The highest BCUT2D eigenvalue weighted by atomic mass is 32.2. The average molecular weight is 447 g/mol. The molecule has 1 aromatic carbocycles. The first-order valence-corrected chi connectivity index (χ1v) is 11.1. The Balaban J connectivity index is 1.57. The van der Waals surface area contributed by atoms with Crippen LogP contribution < -0.4 is 23.7 Å². The summed E-state index contributed by atoms with van der Waals surface area (Å²) in [5.74, 6) is 1.74. The number of aromatic nitrogens is 2. The predicted octanol–water partition coefficient (Wildman–Crippen LogP) is 2.00. The van der Waals surface area contributed by atoms with Gasteiger partial charge >= 0.3 is 0 Å². The van der Waals surface area contributed by atoms with Crippen molar-refractivity contribution in [2.24, 2.45) is 11.4 Å². The van der Waals surface area contributed by atoms with E-state index in [4.69, 9.17) is 14.2 Å². The second-order valence-corrected chi connectivity index (χ2v) is 8.90. The number of fused-ring (bicyclic) bond motifs is 2. The zero-order valence-corrected chi connectivity index (χ0v) is 17.6. The number of methoxy groups -OCH3 is 1. The van der Waals surface area contributed by atoms with Crippen LogP contribution in [-0.4, -0.2) is 43.9 Å². The number of anilines is 1. The summed E-state index contributed by atoms with van der Waals surface area (Å²) < 4.78 is 54.1. The van der Waals surface area contributed by atoms with Crippen molar-refractivity contribution >= 4 is 33.7 Å². The van der Waals surface area contributed by atoms with E-state index in [0.29, 0.717) is 28.3 Å². The maximum atomic E-state index is 13.3. The van der Waals surface area contributed by atoms with Gasteiger partial charge in [0, 0.05) is 7.05 Å². The highest BCUT2D eigenvalue weighted by molar-refractivity contribution is 7.97. The molecule has 0 amide bonds. The van der Waals surface area contributed by atoms with Crippen LogP contribution in [0, 0.1) is 0 Å². The minimum absolute atomic E-state index is 0.139. The number of hydrogen-bond acceptors (Lipinski definition) is 9. The summed E-state index contributed by atoms with van der Waals surface area (Å²) in [7, 11) is -0.798. The zero-order valence-electron chi connectivity index (χ0n) is 15.9. The van der Waals surface area contributed by atoms with E-state index >= 15 is 0 Å². The van der Waals surface area contributed by atoms with E-state index in [0.717, 1.165) is 12.1 Å². The van der Waals surface area contributed by atoms with E-state index in [-0.39, 0.29) is 23.4 Å². The molecule has 2 N–H and O–H groups in total. The van der Waals surface area contributed by atoms with Gasteiger partial charge in [-0.15, -0.1) is 5.10 Å². The van der Waals surface area contributed by atoms with Crippen LogP contribution in [0.5, 0.6) is 17.4 Å². The van der Waals surface area contributed by atoms with Gasteiger partial charge in [0.1, 0.15) is 5.82 Å². The Bertz CT molecular complexity index is 1230. The number of nitrogens with zero attached hydrogens (tertiary/aromatic N) is 3. The molecule has 0 spiro atoms. The number of allylic oxidation sites excluding steroid dienone is 2. The normalized spacial score (nSPS) is 19.3. The zero-order chi connectivity index (χ0) is 20.9. The lowest BCUT2D eigenvalue weighted by Crippen LogP contribution is -2.36. The standard InChI is InChI=1S/C18H17N5O5S2/c1-23-17(22-30(24,25)14-5-3-4-11-16(14)21-29-20-11)15(18(19-23)26-2)10-6-7-12-13(8-10)28-9-27-12/h3-8,16,21-22H,9H2,1-2H3. The Morgan fingerprint density at radius 2 is 2.17 bits per heavy atom. The number of aryl methyl sites for hydroxylation is 1. The lowest BCUT2D eigenvalue weighted by molar-refractivity contribution is 0.174. The van der Waals surface area contributed by atoms with Crippen LogP contribution in [0.3, 0.4) is 0 Å². The summed E-state index contributed by atoms with van der Waals surface area (Å²) in [4.78, 5) is 0.172. The minimum atomic E-state index is -3.92. The molecule has 0 bridgehead atoms. The second kappa shape index (κ2) is 7.07. The number of nitrogens with one attached hydrogen (secondary N) is 2. The Kier molecular flexibility index (Phi) is 4.49. The molecule has 12 heteroatoms. The smallest absolute Gasteiger partial charge is 0.261 e. The van der Waals surface area contributed by atoms with Crippen LogP contribution >= 0.6 is 12.1 Å². The molecule has 1 atom stereocenters. The molecule has 2 aromatic rings. The summed E-state index contributed by atoms with van der Waals surface area (Å²) in [6.07, 6.45) is 5.00. The molecule has 5 rings (SSSR count). The van der Waals surface area contributed by atoms with Crippen molar-refractivity contribution in [1.29, 1.82) is 0 Å². The number of sulfonamides is 1. The molecule has 1 aliphatic carbocycles. The predicted molar refractivity (Wildman–Crippen MR) is 113 cm³/mol. The van der Waals surface area contributed by atoms with Gasteiger partial charge in [0.25, 0.3) is 10.0 Å². The van der Waals surface area contributed by atoms with Crippen LogP contribution in [0.2, 0.25) is 0 Å². The van der Waals surface area contributed by atoms with Crippen LogP contribution in [0.1, 0.15) is 0 Å². The van der Waals surface area contributed by atoms with Crippen molar-refractivity contribution in [1.82, 2.24) is 14.5 Å². The molecule has 2 aliphatic heterocycles. The summed E-state index contributed by atoms with van der Waals surface area (Å²) in [5, 5.41) is 4.31. The maximum Gasteiger partial charge on any atom is 0.261 e. The van der Waals surface area contributed by atoms with E-state index in [2.05, 4.69) is 18.9 Å². The molecule has 0 saturated heterocycles. The Morgan fingerprint density at radius 1 is 1.33 bits per heavy atom. The van der Waals surface area contributed by atoms with Crippen molar-refractivity contribution in [3.05, 3.63) is 41.3 Å². The molecular weight excluding hydrogens is 430 g/mol. The molecule has 0 radical (unpaired) electrons. The summed E-state index contributed by atoms with van der Waals surface area (Å²) >= 11 is 1.12. The third-order valence-corrected chi connectivity index (χ3v) is 6.94. The van der Waals surface area contributed by atoms with Gasteiger partial charge in [-0.1, -0.05) is 12.1 Å². The molecule has 1 aromatic heterocycles. The van der Waals surface area contributed by atoms with Crippen LogP contribution in [0.25, 0.3) is 11.1 Å². The average Bonchev–Trinajstić information content (AvgIpc) is 3.45. The highest BCUT2D eigenvalue weighted by Crippen LogP contribution is 2.42. The van der Waals surface area contributed by atoms with Gasteiger partial charge in [-0.2, -0.15) is 0 Å². The fourth-order valence-corrected chi connectivity index (χ4v) is 5.52. The van der Waals surface area contributed by atoms with Gasteiger partial charge in [0.15, 0.2) is 11.5 Å². The van der Waals surface area contributed by atoms with Gasteiger partial charge in [-0.25, -0.2) is 22.2 Å². The first-order chi connectivity index (χ1) is 14.5. The van der Waals surface area contributed by atoms with E-state index in [1.165, 1.54) is 11.8 Å². The van der Waals surface area contributed by atoms with Crippen LogP contribution in [0.15, 0.2) is 45.7 Å². The van der Waals surface area contributed by atoms with Gasteiger partial charge in [-0.3, -0.25) is 4.72 Å². The topological polar surface area (TPSA) is 116 Å². The van der Waals surface area contributed by atoms with Gasteiger partial charge in [-0.05, 0) is 29.8 Å². The van der Waals surface area contributed by atoms with Crippen LogP contribution in [0.4, 0.5) is 5.82 Å². The molecule has 30 heavy (non-hydrogen) atoms. The first kappa shape index (κ1) is 19.0. The number of hydrogen-bond donors (Lipinski definition) is 2. The number of benzene rings is 1. The fourth-order valence-electron chi connectivity index (χ4n) is 3.42. The van der Waals surface area contributed by atoms with E-state index in [1.807, 2.05) is 0 Å². The van der Waals surface area contributed by atoms with E-state index in [1.54, 1.807) is 43.5 Å². The molecule has 156 valence electrons. The first-order valence-electron chi connectivity index (χ1n) is 8.89. The number of rotatable bonds is 5.